The second-order valence-corrected chi connectivity index (χ2v) is 11.3. The molecule has 4 aliphatic heterocycles. The number of aromatic nitrogens is 1. The Balaban J connectivity index is 1.05. The standard InChI is InChI=1S/C26H40N4O4/c1-26(2,3)34-25(31)29-11-8-21(9-12-29)32-22-14-23(15-22)33-24-13-19(7-10-27-24)30-17-18-5-4-6-20(30)16-28-18/h7,10,13,18,20-23,28H,4-6,8-9,11-12,14-17H2,1-3H3. The molecule has 6 rings (SSSR count). The van der Waals surface area contributed by atoms with E-state index in [0.717, 1.165) is 44.7 Å². The molecule has 5 aliphatic rings. The number of rotatable bonds is 5. The van der Waals surface area contributed by atoms with Gasteiger partial charge in [0.25, 0.3) is 0 Å². The molecule has 1 aromatic heterocycles. The maximum atomic E-state index is 12.2. The first-order valence-corrected chi connectivity index (χ1v) is 13.1. The van der Waals surface area contributed by atoms with Crippen LogP contribution in [-0.4, -0.2) is 78.2 Å². The Labute approximate surface area is 203 Å². The summed E-state index contributed by atoms with van der Waals surface area (Å²) in [5.74, 6) is 0.722. The summed E-state index contributed by atoms with van der Waals surface area (Å²) < 4.78 is 18.0. The highest BCUT2D eigenvalue weighted by atomic mass is 16.6. The van der Waals surface area contributed by atoms with Crippen LogP contribution in [0, 0.1) is 0 Å². The summed E-state index contributed by atoms with van der Waals surface area (Å²) in [6.45, 7) is 9.22. The van der Waals surface area contributed by atoms with Gasteiger partial charge in [-0.3, -0.25) is 0 Å². The number of fused-ring (bicyclic) bond motifs is 4. The van der Waals surface area contributed by atoms with Crippen molar-refractivity contribution in [3.63, 3.8) is 0 Å². The summed E-state index contributed by atoms with van der Waals surface area (Å²) in [4.78, 5) is 21.1. The number of hydrogen-bond donors (Lipinski definition) is 1. The fourth-order valence-electron chi connectivity index (χ4n) is 5.54. The quantitative estimate of drug-likeness (QED) is 0.700. The number of piperidine rings is 1. The zero-order valence-electron chi connectivity index (χ0n) is 20.9. The van der Waals surface area contributed by atoms with E-state index in [0.29, 0.717) is 25.2 Å². The van der Waals surface area contributed by atoms with Gasteiger partial charge >= 0.3 is 6.09 Å². The minimum Gasteiger partial charge on any atom is -0.474 e. The van der Waals surface area contributed by atoms with Gasteiger partial charge in [0.15, 0.2) is 0 Å². The third-order valence-corrected chi connectivity index (χ3v) is 7.46. The molecule has 2 unspecified atom stereocenters. The topological polar surface area (TPSA) is 76.2 Å². The number of amides is 1. The number of carbonyl (C=O) groups excluding carboxylic acids is 1. The first-order chi connectivity index (χ1) is 16.3. The smallest absolute Gasteiger partial charge is 0.410 e. The van der Waals surface area contributed by atoms with Crippen molar-refractivity contribution < 1.29 is 19.0 Å². The van der Waals surface area contributed by atoms with Crippen LogP contribution in [0.15, 0.2) is 18.3 Å². The predicted molar refractivity (Wildman–Crippen MR) is 130 cm³/mol. The maximum Gasteiger partial charge on any atom is 0.410 e. The summed E-state index contributed by atoms with van der Waals surface area (Å²) in [5.41, 5.74) is 0.774. The minimum atomic E-state index is -0.455. The van der Waals surface area contributed by atoms with Gasteiger partial charge in [-0.25, -0.2) is 9.78 Å². The lowest BCUT2D eigenvalue weighted by molar-refractivity contribution is -0.110. The summed E-state index contributed by atoms with van der Waals surface area (Å²) in [6, 6.07) is 5.39. The molecule has 2 atom stereocenters. The van der Waals surface area contributed by atoms with E-state index >= 15 is 0 Å². The molecule has 8 nitrogen and oxygen atoms in total. The van der Waals surface area contributed by atoms with Crippen LogP contribution < -0.4 is 15.0 Å². The van der Waals surface area contributed by atoms with Crippen LogP contribution in [0.4, 0.5) is 10.5 Å². The lowest BCUT2D eigenvalue weighted by Crippen LogP contribution is -2.54. The molecule has 0 spiro atoms. The molecule has 2 bridgehead atoms. The summed E-state index contributed by atoms with van der Waals surface area (Å²) >= 11 is 0. The Kier molecular flexibility index (Phi) is 6.89. The van der Waals surface area contributed by atoms with E-state index in [1.807, 2.05) is 27.0 Å². The number of ether oxygens (including phenoxy) is 3. The second-order valence-electron chi connectivity index (χ2n) is 11.3. The average Bonchev–Trinajstić information content (AvgIpc) is 3.13. The van der Waals surface area contributed by atoms with Crippen LogP contribution >= 0.6 is 0 Å². The fourth-order valence-corrected chi connectivity index (χ4v) is 5.54. The van der Waals surface area contributed by atoms with E-state index in [1.165, 1.54) is 24.9 Å². The first-order valence-electron chi connectivity index (χ1n) is 13.1. The van der Waals surface area contributed by atoms with Crippen molar-refractivity contribution in [1.82, 2.24) is 15.2 Å². The molecule has 1 aromatic rings. The molecule has 5 heterocycles. The van der Waals surface area contributed by atoms with Crippen LogP contribution in [0.1, 0.15) is 65.7 Å². The van der Waals surface area contributed by atoms with Crippen LogP contribution in [0.5, 0.6) is 5.88 Å². The Morgan fingerprint density at radius 2 is 1.88 bits per heavy atom. The van der Waals surface area contributed by atoms with Crippen molar-refractivity contribution in [3.05, 3.63) is 18.3 Å². The van der Waals surface area contributed by atoms with Gasteiger partial charge in [0, 0.05) is 69.1 Å². The number of nitrogens with zero attached hydrogens (tertiary/aromatic N) is 3. The summed E-state index contributed by atoms with van der Waals surface area (Å²) in [6.07, 6.45) is 9.60. The van der Waals surface area contributed by atoms with Gasteiger partial charge in [0.2, 0.25) is 5.88 Å². The zero-order chi connectivity index (χ0) is 23.7. The van der Waals surface area contributed by atoms with Gasteiger partial charge < -0.3 is 29.3 Å². The third kappa shape index (κ3) is 5.77. The van der Waals surface area contributed by atoms with E-state index in [-0.39, 0.29) is 24.4 Å². The zero-order valence-corrected chi connectivity index (χ0v) is 20.9. The lowest BCUT2D eigenvalue weighted by atomic mass is 9.91. The van der Waals surface area contributed by atoms with E-state index in [9.17, 15) is 4.79 Å². The highest BCUT2D eigenvalue weighted by Gasteiger charge is 2.36. The SMILES string of the molecule is CC(C)(C)OC(=O)N1CCC(OC2CC(Oc3cc(N4CC5CCCC4CN5)ccn3)C2)CC1. The molecule has 5 fully saturated rings. The van der Waals surface area contributed by atoms with Gasteiger partial charge in [-0.2, -0.15) is 0 Å². The predicted octanol–water partition coefficient (Wildman–Crippen LogP) is 3.74. The Morgan fingerprint density at radius 1 is 1.09 bits per heavy atom. The van der Waals surface area contributed by atoms with Gasteiger partial charge in [-0.1, -0.05) is 0 Å². The summed E-state index contributed by atoms with van der Waals surface area (Å²) in [5, 5.41) is 3.67. The average molecular weight is 473 g/mol. The molecule has 0 radical (unpaired) electrons. The van der Waals surface area contributed by atoms with Gasteiger partial charge in [-0.05, 0) is 58.9 Å². The lowest BCUT2D eigenvalue weighted by Gasteiger charge is -2.40. The van der Waals surface area contributed by atoms with E-state index in [4.69, 9.17) is 14.2 Å². The Bertz CT molecular complexity index is 841. The number of nitrogens with one attached hydrogen (secondary N) is 1. The second kappa shape index (κ2) is 9.90. The molecule has 34 heavy (non-hydrogen) atoms. The van der Waals surface area contributed by atoms with Crippen LogP contribution in [0.2, 0.25) is 0 Å². The van der Waals surface area contributed by atoms with Crippen LogP contribution in [0.3, 0.4) is 0 Å². The Hall–Kier alpha value is -2.06. The first kappa shape index (κ1) is 23.7. The molecule has 1 N–H and O–H groups in total. The monoisotopic (exact) mass is 472 g/mol. The van der Waals surface area contributed by atoms with E-state index in [1.54, 1.807) is 4.90 Å². The number of hydrogen-bond acceptors (Lipinski definition) is 7. The summed E-state index contributed by atoms with van der Waals surface area (Å²) in [7, 11) is 0. The van der Waals surface area contributed by atoms with Gasteiger partial charge in [-0.15, -0.1) is 0 Å². The van der Waals surface area contributed by atoms with E-state index < -0.39 is 5.60 Å². The van der Waals surface area contributed by atoms with Crippen molar-refractivity contribution in [2.75, 3.05) is 31.1 Å². The number of pyridine rings is 1. The van der Waals surface area contributed by atoms with Crippen molar-refractivity contribution in [1.29, 1.82) is 0 Å². The molecule has 1 amide bonds. The van der Waals surface area contributed by atoms with Crippen LogP contribution in [-0.2, 0) is 9.47 Å². The molecule has 0 aromatic carbocycles. The number of piperazine rings is 1. The minimum absolute atomic E-state index is 0.164. The van der Waals surface area contributed by atoms with Crippen LogP contribution in [0.25, 0.3) is 0 Å². The third-order valence-electron chi connectivity index (χ3n) is 7.46. The molecule has 8 heteroatoms. The molecule has 188 valence electrons. The normalized spacial score (nSPS) is 30.0. The highest BCUT2D eigenvalue weighted by molar-refractivity contribution is 5.68. The van der Waals surface area contributed by atoms with Crippen molar-refractivity contribution in [2.45, 2.75) is 102 Å². The van der Waals surface area contributed by atoms with Gasteiger partial charge in [0.1, 0.15) is 11.7 Å². The number of carbonyl (C=O) groups is 1. The molecule has 1 saturated carbocycles. The number of anilines is 1. The maximum absolute atomic E-state index is 12.2. The fraction of sp³-hybridized carbons (Fsp3) is 0.769. The Morgan fingerprint density at radius 3 is 2.65 bits per heavy atom. The molecule has 1 aliphatic carbocycles. The van der Waals surface area contributed by atoms with Crippen molar-refractivity contribution >= 4 is 11.8 Å². The largest absolute Gasteiger partial charge is 0.474 e. The van der Waals surface area contributed by atoms with Gasteiger partial charge in [0.05, 0.1) is 12.2 Å². The molecular weight excluding hydrogens is 432 g/mol. The molecular formula is C26H40N4O4. The molecule has 4 saturated heterocycles. The number of likely N-dealkylation sites (tertiary alicyclic amines) is 1. The van der Waals surface area contributed by atoms with Crippen molar-refractivity contribution in [2.24, 2.45) is 0 Å². The van der Waals surface area contributed by atoms with Crippen molar-refractivity contribution in [3.8, 4) is 5.88 Å². The van der Waals surface area contributed by atoms with E-state index in [2.05, 4.69) is 27.3 Å². The highest BCUT2D eigenvalue weighted by Crippen LogP contribution is 2.33.